The molecule has 1 heterocycles. The summed E-state index contributed by atoms with van der Waals surface area (Å²) in [5.41, 5.74) is 6.24. The summed E-state index contributed by atoms with van der Waals surface area (Å²) >= 11 is 0. The van der Waals surface area contributed by atoms with Crippen LogP contribution in [-0.2, 0) is 20.8 Å². The molecule has 2 atom stereocenters. The lowest BCUT2D eigenvalue weighted by Gasteiger charge is -2.47. The monoisotopic (exact) mass is 448 g/mol. The maximum absolute atomic E-state index is 12.8. The van der Waals surface area contributed by atoms with E-state index in [9.17, 15) is 9.90 Å². The molecule has 0 radical (unpaired) electrons. The van der Waals surface area contributed by atoms with E-state index in [1.165, 1.54) is 5.56 Å². The van der Waals surface area contributed by atoms with E-state index < -0.39 is 23.3 Å². The van der Waals surface area contributed by atoms with Crippen molar-refractivity contribution in [3.05, 3.63) is 35.9 Å². The van der Waals surface area contributed by atoms with Crippen molar-refractivity contribution in [1.29, 1.82) is 0 Å². The van der Waals surface area contributed by atoms with E-state index in [0.29, 0.717) is 26.2 Å². The van der Waals surface area contributed by atoms with Crippen LogP contribution in [0.15, 0.2) is 30.3 Å². The number of piperidine rings is 1. The van der Waals surface area contributed by atoms with Gasteiger partial charge in [-0.15, -0.1) is 0 Å². The maximum atomic E-state index is 12.8. The lowest BCUT2D eigenvalue weighted by atomic mass is 9.83. The Morgan fingerprint density at radius 3 is 2.34 bits per heavy atom. The number of ether oxygens (including phenoxy) is 3. The van der Waals surface area contributed by atoms with E-state index in [4.69, 9.17) is 19.9 Å². The summed E-state index contributed by atoms with van der Waals surface area (Å²) in [6.45, 7) is 6.84. The van der Waals surface area contributed by atoms with Gasteiger partial charge in [-0.2, -0.15) is 0 Å². The summed E-state index contributed by atoms with van der Waals surface area (Å²) in [6.07, 6.45) is 5.06. The predicted octanol–water partition coefficient (Wildman–Crippen LogP) is 3.62. The van der Waals surface area contributed by atoms with Crippen LogP contribution in [0.4, 0.5) is 4.79 Å². The number of hydrogen-bond donors (Lipinski definition) is 2. The zero-order chi connectivity index (χ0) is 23.2. The fraction of sp³-hybridized carbons (Fsp3) is 0.720. The van der Waals surface area contributed by atoms with Crippen molar-refractivity contribution in [3.8, 4) is 0 Å². The highest BCUT2D eigenvalue weighted by molar-refractivity contribution is 5.69. The number of aliphatic hydroxyl groups excluding tert-OH is 1. The van der Waals surface area contributed by atoms with E-state index in [-0.39, 0.29) is 18.8 Å². The number of carbonyl (C=O) groups excluding carboxylic acids is 1. The summed E-state index contributed by atoms with van der Waals surface area (Å²) in [5, 5.41) is 10.0. The molecule has 180 valence electrons. The highest BCUT2D eigenvalue weighted by atomic mass is 16.6. The molecule has 0 aromatic heterocycles. The first-order chi connectivity index (χ1) is 15.2. The number of benzene rings is 1. The number of nitrogens with two attached hydrogens (primary N) is 1. The second-order valence-corrected chi connectivity index (χ2v) is 10.2. The Morgan fingerprint density at radius 1 is 1.12 bits per heavy atom. The summed E-state index contributed by atoms with van der Waals surface area (Å²) in [7, 11) is 0. The molecule has 3 rings (SSSR count). The van der Waals surface area contributed by atoms with Gasteiger partial charge in [0.05, 0.1) is 43.6 Å². The first-order valence-electron chi connectivity index (χ1n) is 11.9. The zero-order valence-corrected chi connectivity index (χ0v) is 19.8. The molecule has 32 heavy (non-hydrogen) atoms. The highest BCUT2D eigenvalue weighted by Crippen LogP contribution is 2.30. The molecular formula is C25H40N2O5. The molecule has 2 aliphatic rings. The maximum Gasteiger partial charge on any atom is 0.410 e. The molecule has 0 spiro atoms. The molecule has 1 aliphatic heterocycles. The second kappa shape index (κ2) is 11.0. The molecule has 1 aromatic carbocycles. The fourth-order valence-electron chi connectivity index (χ4n) is 4.57. The smallest absolute Gasteiger partial charge is 0.410 e. The van der Waals surface area contributed by atoms with Crippen LogP contribution in [0.5, 0.6) is 0 Å². The fourth-order valence-corrected chi connectivity index (χ4v) is 4.57. The molecule has 0 bridgehead atoms. The number of likely N-dealkylation sites (tertiary alicyclic amines) is 1. The molecule has 0 unspecified atom stereocenters. The van der Waals surface area contributed by atoms with Gasteiger partial charge in [-0.3, -0.25) is 0 Å². The minimum Gasteiger partial charge on any atom is -0.444 e. The number of carbonyl (C=O) groups is 1. The van der Waals surface area contributed by atoms with E-state index in [0.717, 1.165) is 32.1 Å². The molecule has 1 saturated carbocycles. The average molecular weight is 449 g/mol. The molecule has 1 aromatic rings. The van der Waals surface area contributed by atoms with Crippen LogP contribution in [0.2, 0.25) is 0 Å². The van der Waals surface area contributed by atoms with Crippen molar-refractivity contribution in [1.82, 2.24) is 4.90 Å². The first kappa shape index (κ1) is 25.0. The van der Waals surface area contributed by atoms with Gasteiger partial charge >= 0.3 is 6.09 Å². The third-order valence-corrected chi connectivity index (χ3v) is 6.44. The summed E-state index contributed by atoms with van der Waals surface area (Å²) in [5.74, 6) is 0. The van der Waals surface area contributed by atoms with Crippen molar-refractivity contribution >= 4 is 6.09 Å². The summed E-state index contributed by atoms with van der Waals surface area (Å²) in [6, 6.07) is 9.81. The Hall–Kier alpha value is -1.67. The second-order valence-electron chi connectivity index (χ2n) is 10.2. The summed E-state index contributed by atoms with van der Waals surface area (Å²) in [4.78, 5) is 14.5. The van der Waals surface area contributed by atoms with E-state index in [2.05, 4.69) is 12.1 Å². The minimum atomic E-state index is -0.884. The van der Waals surface area contributed by atoms with Crippen molar-refractivity contribution in [2.24, 2.45) is 5.73 Å². The number of aliphatic hydroxyl groups is 1. The van der Waals surface area contributed by atoms with Crippen LogP contribution in [-0.4, -0.2) is 65.2 Å². The van der Waals surface area contributed by atoms with Gasteiger partial charge in [-0.25, -0.2) is 4.79 Å². The zero-order valence-electron chi connectivity index (χ0n) is 19.8. The molecule has 1 amide bonds. The Balaban J connectivity index is 1.51. The molecular weight excluding hydrogens is 408 g/mol. The average Bonchev–Trinajstić information content (AvgIpc) is 2.77. The molecule has 2 fully saturated rings. The third kappa shape index (κ3) is 6.91. The Morgan fingerprint density at radius 2 is 1.75 bits per heavy atom. The van der Waals surface area contributed by atoms with Gasteiger partial charge in [0.2, 0.25) is 0 Å². The van der Waals surface area contributed by atoms with Gasteiger partial charge in [0.1, 0.15) is 5.60 Å². The van der Waals surface area contributed by atoms with Crippen LogP contribution in [0.1, 0.15) is 64.9 Å². The molecule has 7 heteroatoms. The number of amides is 1. The van der Waals surface area contributed by atoms with Crippen molar-refractivity contribution in [2.75, 3.05) is 19.8 Å². The Bertz CT molecular complexity index is 715. The van der Waals surface area contributed by atoms with Crippen molar-refractivity contribution in [2.45, 2.75) is 95.3 Å². The highest BCUT2D eigenvalue weighted by Gasteiger charge is 2.45. The van der Waals surface area contributed by atoms with Gasteiger partial charge < -0.3 is 30.0 Å². The topological polar surface area (TPSA) is 94.3 Å². The van der Waals surface area contributed by atoms with Crippen molar-refractivity contribution < 1.29 is 24.1 Å². The molecule has 7 nitrogen and oxygen atoms in total. The van der Waals surface area contributed by atoms with Gasteiger partial charge in [-0.05, 0) is 64.9 Å². The number of hydrogen-bond acceptors (Lipinski definition) is 6. The lowest BCUT2D eigenvalue weighted by Crippen LogP contribution is -2.67. The van der Waals surface area contributed by atoms with Crippen LogP contribution in [0.3, 0.4) is 0 Å². The third-order valence-electron chi connectivity index (χ3n) is 6.44. The van der Waals surface area contributed by atoms with Crippen molar-refractivity contribution in [3.63, 3.8) is 0 Å². The number of nitrogens with zero attached hydrogens (tertiary/aromatic N) is 1. The van der Waals surface area contributed by atoms with Crippen LogP contribution in [0.25, 0.3) is 0 Å². The van der Waals surface area contributed by atoms with Gasteiger partial charge in [0.15, 0.2) is 0 Å². The Labute approximate surface area is 192 Å². The first-order valence-corrected chi connectivity index (χ1v) is 11.9. The SMILES string of the molecule is CC(C)(C)OC(=O)N1CCC[C@@](N)(CO)[C@@H]1COC1CCC(OCc2ccccc2)CC1. The lowest BCUT2D eigenvalue weighted by molar-refractivity contribution is -0.0753. The van der Waals surface area contributed by atoms with Crippen LogP contribution in [0, 0.1) is 0 Å². The van der Waals surface area contributed by atoms with E-state index in [1.54, 1.807) is 4.90 Å². The van der Waals surface area contributed by atoms with E-state index in [1.807, 2.05) is 39.0 Å². The quantitative estimate of drug-likeness (QED) is 0.662. The normalized spacial score (nSPS) is 29.0. The van der Waals surface area contributed by atoms with Gasteiger partial charge in [0, 0.05) is 6.54 Å². The standard InChI is InChI=1S/C25H40N2O5/c1-24(2,3)32-23(29)27-15-7-14-25(26,18-28)22(27)17-31-21-12-10-20(11-13-21)30-16-19-8-5-4-6-9-19/h4-6,8-9,20-22,28H,7,10-18,26H2,1-3H3/t20?,21?,22-,25+/m0/s1. The number of rotatable bonds is 7. The molecule has 3 N–H and O–H groups in total. The molecule has 1 saturated heterocycles. The molecule has 1 aliphatic carbocycles. The minimum absolute atomic E-state index is 0.108. The van der Waals surface area contributed by atoms with Gasteiger partial charge in [-0.1, -0.05) is 30.3 Å². The van der Waals surface area contributed by atoms with E-state index >= 15 is 0 Å². The summed E-state index contributed by atoms with van der Waals surface area (Å²) < 4.78 is 17.9. The van der Waals surface area contributed by atoms with Crippen LogP contribution >= 0.6 is 0 Å². The van der Waals surface area contributed by atoms with Crippen LogP contribution < -0.4 is 5.73 Å². The Kier molecular flexibility index (Phi) is 8.55. The predicted molar refractivity (Wildman–Crippen MR) is 123 cm³/mol. The van der Waals surface area contributed by atoms with Gasteiger partial charge in [0.25, 0.3) is 0 Å². The largest absolute Gasteiger partial charge is 0.444 e.